The third-order valence-corrected chi connectivity index (χ3v) is 3.91. The topological polar surface area (TPSA) is 75.4 Å². The van der Waals surface area contributed by atoms with Crippen molar-refractivity contribution in [2.75, 3.05) is 22.5 Å². The number of nitrogens with zero attached hydrogens (tertiary/aromatic N) is 1. The third kappa shape index (κ3) is 2.63. The quantitative estimate of drug-likeness (QED) is 0.627. The maximum absolute atomic E-state index is 12.3. The standard InChI is InChI=1S/C16H14ClN3O2/c17-12-9-11(5-6-13(12)18)19-15(21)16(22)20-8-7-10-3-1-2-4-14(10)20/h1-6,9H,7-8,18H2,(H,19,21). The highest BCUT2D eigenvalue weighted by atomic mass is 35.5. The molecule has 2 amide bonds. The SMILES string of the molecule is Nc1ccc(NC(=O)C(=O)N2CCc3ccccc32)cc1Cl. The molecule has 112 valence electrons. The Kier molecular flexibility index (Phi) is 3.73. The highest BCUT2D eigenvalue weighted by Gasteiger charge is 2.28. The molecule has 2 aromatic rings. The molecule has 0 saturated heterocycles. The predicted octanol–water partition coefficient (Wildman–Crippen LogP) is 2.45. The molecule has 0 fully saturated rings. The number of carbonyl (C=O) groups is 2. The molecule has 3 N–H and O–H groups in total. The molecule has 0 unspecified atom stereocenters. The minimum atomic E-state index is -0.697. The number of nitrogens with two attached hydrogens (primary N) is 1. The van der Waals surface area contributed by atoms with Crippen molar-refractivity contribution < 1.29 is 9.59 Å². The number of nitrogen functional groups attached to an aromatic ring is 1. The van der Waals surface area contributed by atoms with Gasteiger partial charge in [-0.1, -0.05) is 29.8 Å². The molecule has 0 spiro atoms. The van der Waals surface area contributed by atoms with E-state index < -0.39 is 11.8 Å². The van der Waals surface area contributed by atoms with E-state index in [1.54, 1.807) is 12.1 Å². The summed E-state index contributed by atoms with van der Waals surface area (Å²) in [5, 5.41) is 2.88. The summed E-state index contributed by atoms with van der Waals surface area (Å²) in [5.41, 5.74) is 8.32. The van der Waals surface area contributed by atoms with E-state index in [0.717, 1.165) is 17.7 Å². The molecule has 1 heterocycles. The molecule has 2 aromatic carbocycles. The van der Waals surface area contributed by atoms with Crippen LogP contribution < -0.4 is 16.0 Å². The minimum Gasteiger partial charge on any atom is -0.398 e. The lowest BCUT2D eigenvalue weighted by molar-refractivity contribution is -0.134. The van der Waals surface area contributed by atoms with E-state index in [-0.39, 0.29) is 0 Å². The van der Waals surface area contributed by atoms with Crippen molar-refractivity contribution in [1.82, 2.24) is 0 Å². The molecule has 0 radical (unpaired) electrons. The maximum atomic E-state index is 12.3. The van der Waals surface area contributed by atoms with E-state index in [2.05, 4.69) is 5.32 Å². The summed E-state index contributed by atoms with van der Waals surface area (Å²) in [6.45, 7) is 0.508. The number of rotatable bonds is 1. The molecule has 1 aliphatic rings. The summed E-state index contributed by atoms with van der Waals surface area (Å²) in [5.74, 6) is -1.28. The van der Waals surface area contributed by atoms with Gasteiger partial charge >= 0.3 is 11.8 Å². The van der Waals surface area contributed by atoms with Gasteiger partial charge in [0.15, 0.2) is 0 Å². The van der Waals surface area contributed by atoms with Gasteiger partial charge in [0.1, 0.15) is 0 Å². The average molecular weight is 316 g/mol. The molecule has 1 aliphatic heterocycles. The van der Waals surface area contributed by atoms with Crippen molar-refractivity contribution in [1.29, 1.82) is 0 Å². The smallest absolute Gasteiger partial charge is 0.316 e. The molecule has 0 aliphatic carbocycles. The van der Waals surface area contributed by atoms with Gasteiger partial charge in [-0.15, -0.1) is 0 Å². The molecule has 22 heavy (non-hydrogen) atoms. The number of hydrogen-bond acceptors (Lipinski definition) is 3. The number of nitrogens with one attached hydrogen (secondary N) is 1. The van der Waals surface area contributed by atoms with Gasteiger partial charge < -0.3 is 16.0 Å². The lowest BCUT2D eigenvalue weighted by Gasteiger charge is -2.16. The van der Waals surface area contributed by atoms with Crippen LogP contribution in [0.5, 0.6) is 0 Å². The second-order valence-electron chi connectivity index (χ2n) is 5.03. The van der Waals surface area contributed by atoms with Gasteiger partial charge in [-0.25, -0.2) is 0 Å². The van der Waals surface area contributed by atoms with Crippen LogP contribution in [0.3, 0.4) is 0 Å². The lowest BCUT2D eigenvalue weighted by atomic mass is 10.2. The van der Waals surface area contributed by atoms with Gasteiger partial charge in [0.25, 0.3) is 0 Å². The van der Waals surface area contributed by atoms with Crippen molar-refractivity contribution in [3.63, 3.8) is 0 Å². The zero-order valence-corrected chi connectivity index (χ0v) is 12.4. The predicted molar refractivity (Wildman–Crippen MR) is 87.0 cm³/mol. The van der Waals surface area contributed by atoms with Crippen LogP contribution >= 0.6 is 11.6 Å². The van der Waals surface area contributed by atoms with Gasteiger partial charge in [-0.05, 0) is 36.2 Å². The first-order chi connectivity index (χ1) is 10.6. The number of carbonyl (C=O) groups excluding carboxylic acids is 2. The fourth-order valence-corrected chi connectivity index (χ4v) is 2.64. The van der Waals surface area contributed by atoms with Crippen LogP contribution in [0.25, 0.3) is 0 Å². The monoisotopic (exact) mass is 315 g/mol. The first-order valence-corrected chi connectivity index (χ1v) is 7.20. The number of fused-ring (bicyclic) bond motifs is 1. The van der Waals surface area contributed by atoms with Crippen molar-refractivity contribution >= 4 is 40.5 Å². The summed E-state index contributed by atoms with van der Waals surface area (Å²) < 4.78 is 0. The molecular formula is C16H14ClN3O2. The van der Waals surface area contributed by atoms with E-state index in [0.29, 0.717) is 22.9 Å². The first kappa shape index (κ1) is 14.4. The molecule has 0 aromatic heterocycles. The largest absolute Gasteiger partial charge is 0.398 e. The number of para-hydroxylation sites is 1. The molecule has 6 heteroatoms. The summed E-state index contributed by atoms with van der Waals surface area (Å²) in [6.07, 6.45) is 0.753. The lowest BCUT2D eigenvalue weighted by Crippen LogP contribution is -2.38. The highest BCUT2D eigenvalue weighted by molar-refractivity contribution is 6.44. The summed E-state index contributed by atoms with van der Waals surface area (Å²) in [6, 6.07) is 12.3. The van der Waals surface area contributed by atoms with E-state index in [1.165, 1.54) is 11.0 Å². The van der Waals surface area contributed by atoms with Crippen LogP contribution in [0.15, 0.2) is 42.5 Å². The first-order valence-electron chi connectivity index (χ1n) is 6.82. The molecule has 0 bridgehead atoms. The number of anilines is 3. The van der Waals surface area contributed by atoms with Crippen LogP contribution in [-0.4, -0.2) is 18.4 Å². The highest BCUT2D eigenvalue weighted by Crippen LogP contribution is 2.28. The second-order valence-corrected chi connectivity index (χ2v) is 5.43. The van der Waals surface area contributed by atoms with Crippen LogP contribution in [0.2, 0.25) is 5.02 Å². The van der Waals surface area contributed by atoms with Crippen LogP contribution in [0, 0.1) is 0 Å². The summed E-state index contributed by atoms with van der Waals surface area (Å²) in [7, 11) is 0. The van der Waals surface area contributed by atoms with Crippen LogP contribution in [0.1, 0.15) is 5.56 Å². The molecule has 3 rings (SSSR count). The van der Waals surface area contributed by atoms with Crippen molar-refractivity contribution in [2.24, 2.45) is 0 Å². The molecular weight excluding hydrogens is 302 g/mol. The Balaban J connectivity index is 1.75. The Bertz CT molecular complexity index is 761. The van der Waals surface area contributed by atoms with Gasteiger partial charge in [0.2, 0.25) is 0 Å². The number of amides is 2. The Morgan fingerprint density at radius 3 is 2.73 bits per heavy atom. The maximum Gasteiger partial charge on any atom is 0.316 e. The van der Waals surface area contributed by atoms with Crippen molar-refractivity contribution in [3.05, 3.63) is 53.1 Å². The zero-order chi connectivity index (χ0) is 15.7. The Labute approximate surface area is 132 Å². The number of benzene rings is 2. The van der Waals surface area contributed by atoms with Crippen molar-refractivity contribution in [3.8, 4) is 0 Å². The fourth-order valence-electron chi connectivity index (χ4n) is 2.46. The van der Waals surface area contributed by atoms with Gasteiger partial charge in [0, 0.05) is 17.9 Å². The van der Waals surface area contributed by atoms with Crippen LogP contribution in [0.4, 0.5) is 17.1 Å². The molecule has 5 nitrogen and oxygen atoms in total. The van der Waals surface area contributed by atoms with Crippen molar-refractivity contribution in [2.45, 2.75) is 6.42 Å². The Morgan fingerprint density at radius 1 is 1.18 bits per heavy atom. The van der Waals surface area contributed by atoms with Gasteiger partial charge in [0.05, 0.1) is 10.7 Å². The summed E-state index contributed by atoms with van der Waals surface area (Å²) in [4.78, 5) is 25.9. The third-order valence-electron chi connectivity index (χ3n) is 3.58. The zero-order valence-electron chi connectivity index (χ0n) is 11.7. The average Bonchev–Trinajstić information content (AvgIpc) is 2.94. The Hall–Kier alpha value is -2.53. The normalized spacial score (nSPS) is 12.9. The van der Waals surface area contributed by atoms with Gasteiger partial charge in [-0.2, -0.15) is 0 Å². The molecule has 0 saturated carbocycles. The van der Waals surface area contributed by atoms with Crippen LogP contribution in [-0.2, 0) is 16.0 Å². The fraction of sp³-hybridized carbons (Fsp3) is 0.125. The summed E-state index contributed by atoms with van der Waals surface area (Å²) >= 11 is 5.90. The molecule has 0 atom stereocenters. The second kappa shape index (κ2) is 5.69. The van der Waals surface area contributed by atoms with E-state index >= 15 is 0 Å². The van der Waals surface area contributed by atoms with Gasteiger partial charge in [-0.3, -0.25) is 9.59 Å². The van der Waals surface area contributed by atoms with E-state index in [1.807, 2.05) is 24.3 Å². The number of hydrogen-bond donors (Lipinski definition) is 2. The van der Waals surface area contributed by atoms with E-state index in [4.69, 9.17) is 17.3 Å². The number of halogens is 1. The Morgan fingerprint density at radius 2 is 1.95 bits per heavy atom. The van der Waals surface area contributed by atoms with E-state index in [9.17, 15) is 9.59 Å². The minimum absolute atomic E-state index is 0.330.